The topological polar surface area (TPSA) is 89.8 Å². The molecule has 0 aromatic heterocycles. The fourth-order valence-electron chi connectivity index (χ4n) is 4.14. The van der Waals surface area contributed by atoms with E-state index < -0.39 is 4.92 Å². The third-order valence-electron chi connectivity index (χ3n) is 5.51. The number of carbonyl (C=O) groups excluding carboxylic acids is 2. The van der Waals surface area contributed by atoms with Gasteiger partial charge < -0.3 is 4.74 Å². The van der Waals surface area contributed by atoms with E-state index in [1.807, 2.05) is 12.1 Å². The smallest absolute Gasteiger partial charge is 0.269 e. The monoisotopic (exact) mass is 392 g/mol. The summed E-state index contributed by atoms with van der Waals surface area (Å²) in [6.07, 6.45) is 1.94. The van der Waals surface area contributed by atoms with Crippen molar-refractivity contribution >= 4 is 23.1 Å². The minimum atomic E-state index is -0.461. The molecular weight excluding hydrogens is 372 g/mol. The highest BCUT2D eigenvalue weighted by molar-refractivity contribution is 6.07. The van der Waals surface area contributed by atoms with Crippen molar-refractivity contribution in [3.05, 3.63) is 75.5 Å². The predicted octanol–water partition coefficient (Wildman–Crippen LogP) is 4.13. The number of rotatable bonds is 4. The lowest BCUT2D eigenvalue weighted by Crippen LogP contribution is -2.40. The normalized spacial score (nSPS) is 19.2. The maximum Gasteiger partial charge on any atom is 0.269 e. The van der Waals surface area contributed by atoms with Gasteiger partial charge in [0.05, 0.1) is 12.0 Å². The Morgan fingerprint density at radius 3 is 2.34 bits per heavy atom. The lowest BCUT2D eigenvalue weighted by molar-refractivity contribution is -0.384. The summed E-state index contributed by atoms with van der Waals surface area (Å²) >= 11 is 0. The number of nitro benzene ring substituents is 1. The molecule has 4 rings (SSSR count). The summed E-state index contributed by atoms with van der Waals surface area (Å²) in [6, 6.07) is 13.3. The van der Waals surface area contributed by atoms with Crippen molar-refractivity contribution in [3.63, 3.8) is 0 Å². The van der Waals surface area contributed by atoms with Gasteiger partial charge in [0.25, 0.3) is 5.69 Å². The van der Waals surface area contributed by atoms with Crippen LogP contribution in [0.5, 0.6) is 5.75 Å². The quantitative estimate of drug-likeness (QED) is 0.576. The zero-order valence-electron chi connectivity index (χ0n) is 16.0. The van der Waals surface area contributed by atoms with Crippen molar-refractivity contribution in [1.29, 1.82) is 0 Å². The second-order valence-corrected chi connectivity index (χ2v) is 7.17. The van der Waals surface area contributed by atoms with Crippen LogP contribution >= 0.6 is 0 Å². The van der Waals surface area contributed by atoms with Crippen LogP contribution in [-0.4, -0.2) is 23.7 Å². The first-order valence-electron chi connectivity index (χ1n) is 9.47. The fraction of sp³-hybridized carbons (Fsp3) is 0.273. The number of ketones is 1. The molecule has 1 heterocycles. The molecule has 0 radical (unpaired) electrons. The van der Waals surface area contributed by atoms with Crippen LogP contribution < -0.4 is 9.64 Å². The number of anilines is 1. The Bertz CT molecular complexity index is 1010. The third-order valence-corrected chi connectivity index (χ3v) is 5.51. The summed E-state index contributed by atoms with van der Waals surface area (Å²) in [4.78, 5) is 38.1. The minimum absolute atomic E-state index is 0.0140. The molecule has 0 N–H and O–H groups in total. The van der Waals surface area contributed by atoms with Crippen molar-refractivity contribution in [2.24, 2.45) is 0 Å². The molecular formula is C22H20N2O5. The molecule has 0 fully saturated rings. The predicted molar refractivity (Wildman–Crippen MR) is 107 cm³/mol. The van der Waals surface area contributed by atoms with Crippen LogP contribution in [0.1, 0.15) is 37.2 Å². The standard InChI is InChI=1S/C22H20N2O5/c1-29-17-11-9-15(10-12-17)23-19-3-2-4-20(25)22(19)18(13-21(23)26)14-5-7-16(8-6-14)24(27)28/h5-12,18H,2-4,13H2,1H3. The molecule has 7 heteroatoms. The van der Waals surface area contributed by atoms with Gasteiger partial charge in [0.15, 0.2) is 5.78 Å². The zero-order valence-corrected chi connectivity index (χ0v) is 16.0. The Kier molecular flexibility index (Phi) is 4.88. The largest absolute Gasteiger partial charge is 0.497 e. The van der Waals surface area contributed by atoms with Gasteiger partial charge in [-0.3, -0.25) is 24.6 Å². The van der Waals surface area contributed by atoms with Crippen LogP contribution in [0.2, 0.25) is 0 Å². The molecule has 7 nitrogen and oxygen atoms in total. The summed E-state index contributed by atoms with van der Waals surface area (Å²) < 4.78 is 5.19. The van der Waals surface area contributed by atoms with E-state index in [-0.39, 0.29) is 29.7 Å². The summed E-state index contributed by atoms with van der Waals surface area (Å²) in [7, 11) is 1.58. The molecule has 0 saturated carbocycles. The highest BCUT2D eigenvalue weighted by Gasteiger charge is 2.39. The van der Waals surface area contributed by atoms with Crippen LogP contribution in [0.4, 0.5) is 11.4 Å². The molecule has 148 valence electrons. The molecule has 0 spiro atoms. The number of nitrogens with zero attached hydrogens (tertiary/aromatic N) is 2. The molecule has 29 heavy (non-hydrogen) atoms. The molecule has 0 bridgehead atoms. The molecule has 1 amide bonds. The second-order valence-electron chi connectivity index (χ2n) is 7.17. The Morgan fingerprint density at radius 1 is 1.03 bits per heavy atom. The third kappa shape index (κ3) is 3.40. The number of allylic oxidation sites excluding steroid dienone is 2. The number of benzene rings is 2. The lowest BCUT2D eigenvalue weighted by Gasteiger charge is -2.38. The van der Waals surface area contributed by atoms with E-state index >= 15 is 0 Å². The van der Waals surface area contributed by atoms with Gasteiger partial charge in [0.1, 0.15) is 5.75 Å². The van der Waals surface area contributed by atoms with E-state index in [4.69, 9.17) is 4.74 Å². The average Bonchev–Trinajstić information content (AvgIpc) is 2.73. The number of nitro groups is 1. The fourth-order valence-corrected chi connectivity index (χ4v) is 4.14. The maximum absolute atomic E-state index is 13.1. The van der Waals surface area contributed by atoms with Crippen LogP contribution in [0.15, 0.2) is 59.8 Å². The number of non-ortho nitro benzene ring substituents is 1. The first-order chi connectivity index (χ1) is 14.0. The van der Waals surface area contributed by atoms with E-state index in [0.29, 0.717) is 36.3 Å². The summed E-state index contributed by atoms with van der Waals surface area (Å²) in [5.74, 6) is 0.268. The summed E-state index contributed by atoms with van der Waals surface area (Å²) in [6.45, 7) is 0. The number of hydrogen-bond acceptors (Lipinski definition) is 5. The number of hydrogen-bond donors (Lipinski definition) is 0. The van der Waals surface area contributed by atoms with E-state index in [2.05, 4.69) is 0 Å². The highest BCUT2D eigenvalue weighted by atomic mass is 16.6. The number of ether oxygens (including phenoxy) is 1. The van der Waals surface area contributed by atoms with Crippen molar-refractivity contribution in [2.75, 3.05) is 12.0 Å². The van der Waals surface area contributed by atoms with E-state index in [1.165, 1.54) is 12.1 Å². The van der Waals surface area contributed by atoms with Crippen LogP contribution in [0, 0.1) is 10.1 Å². The van der Waals surface area contributed by atoms with Crippen LogP contribution in [-0.2, 0) is 9.59 Å². The van der Waals surface area contributed by atoms with Gasteiger partial charge in [-0.05, 0) is 42.7 Å². The molecule has 0 saturated heterocycles. The van der Waals surface area contributed by atoms with Gasteiger partial charge in [-0.25, -0.2) is 0 Å². The van der Waals surface area contributed by atoms with Crippen LogP contribution in [0.25, 0.3) is 0 Å². The second kappa shape index (κ2) is 7.50. The lowest BCUT2D eigenvalue weighted by atomic mass is 9.77. The van der Waals surface area contributed by atoms with E-state index in [1.54, 1.807) is 36.3 Å². The minimum Gasteiger partial charge on any atom is -0.497 e. The van der Waals surface area contributed by atoms with Gasteiger partial charge >= 0.3 is 0 Å². The van der Waals surface area contributed by atoms with Crippen LogP contribution in [0.3, 0.4) is 0 Å². The maximum atomic E-state index is 13.1. The van der Waals surface area contributed by atoms with Gasteiger partial charge in [-0.1, -0.05) is 12.1 Å². The summed E-state index contributed by atoms with van der Waals surface area (Å²) in [5.41, 5.74) is 2.84. The molecule has 1 aliphatic carbocycles. The van der Waals surface area contributed by atoms with Gasteiger partial charge in [-0.2, -0.15) is 0 Å². The average molecular weight is 392 g/mol. The summed E-state index contributed by atoms with van der Waals surface area (Å²) in [5, 5.41) is 10.9. The number of methoxy groups -OCH3 is 1. The highest BCUT2D eigenvalue weighted by Crippen LogP contribution is 2.43. The number of carbonyl (C=O) groups is 2. The van der Waals surface area contributed by atoms with Gasteiger partial charge in [0, 0.05) is 47.8 Å². The molecule has 2 aromatic rings. The molecule has 2 aromatic carbocycles. The van der Waals surface area contributed by atoms with Crippen molar-refractivity contribution < 1.29 is 19.2 Å². The van der Waals surface area contributed by atoms with Crippen molar-refractivity contribution in [3.8, 4) is 5.75 Å². The van der Waals surface area contributed by atoms with E-state index in [9.17, 15) is 19.7 Å². The Morgan fingerprint density at radius 2 is 1.72 bits per heavy atom. The molecule has 1 aliphatic heterocycles. The molecule has 1 atom stereocenters. The SMILES string of the molecule is COc1ccc(N2C(=O)CC(c3ccc([N+](=O)[O-])cc3)C3=C2CCCC3=O)cc1. The Hall–Kier alpha value is -3.48. The number of Topliss-reactive ketones (excluding diaryl/α,β-unsaturated/α-hetero) is 1. The van der Waals surface area contributed by atoms with Gasteiger partial charge in [0.2, 0.25) is 5.91 Å². The van der Waals surface area contributed by atoms with Crippen molar-refractivity contribution in [2.45, 2.75) is 31.6 Å². The zero-order chi connectivity index (χ0) is 20.5. The van der Waals surface area contributed by atoms with E-state index in [0.717, 1.165) is 11.3 Å². The first-order valence-corrected chi connectivity index (χ1v) is 9.47. The Balaban J connectivity index is 1.78. The Labute approximate surface area is 167 Å². The van der Waals surface area contributed by atoms with Crippen molar-refractivity contribution in [1.82, 2.24) is 0 Å². The first kappa shape index (κ1) is 18.9. The molecule has 2 aliphatic rings. The molecule has 1 unspecified atom stereocenters. The van der Waals surface area contributed by atoms with Gasteiger partial charge in [-0.15, -0.1) is 0 Å². The number of amides is 1.